The van der Waals surface area contributed by atoms with Crippen LogP contribution in [0.15, 0.2) is 39.5 Å². The average molecular weight is 448 g/mol. The van der Waals surface area contributed by atoms with Crippen LogP contribution in [0.4, 0.5) is 0 Å². The minimum Gasteiger partial charge on any atom is -0.507 e. The van der Waals surface area contributed by atoms with E-state index in [2.05, 4.69) is 0 Å². The molecule has 0 spiro atoms. The Morgan fingerprint density at radius 1 is 0.844 bits per heavy atom. The zero-order chi connectivity index (χ0) is 23.3. The fourth-order valence-corrected chi connectivity index (χ4v) is 3.74. The number of hydrogen-bond donors (Lipinski definition) is 8. The molecule has 11 heteroatoms. The Balaban J connectivity index is 1.86. The van der Waals surface area contributed by atoms with E-state index in [4.69, 9.17) is 9.15 Å². The third-order valence-electron chi connectivity index (χ3n) is 5.45. The molecule has 1 fully saturated rings. The lowest BCUT2D eigenvalue weighted by Gasteiger charge is -2.40. The van der Waals surface area contributed by atoms with Gasteiger partial charge in [-0.1, -0.05) is 0 Å². The van der Waals surface area contributed by atoms with Crippen LogP contribution >= 0.6 is 0 Å². The van der Waals surface area contributed by atoms with E-state index in [-0.39, 0.29) is 28.0 Å². The monoisotopic (exact) mass is 448 g/mol. The molecule has 170 valence electrons. The lowest BCUT2D eigenvalue weighted by molar-refractivity contribution is -0.232. The van der Waals surface area contributed by atoms with E-state index in [0.29, 0.717) is 0 Å². The molecule has 1 saturated heterocycles. The second kappa shape index (κ2) is 7.97. The molecule has 0 bridgehead atoms. The first kappa shape index (κ1) is 21.9. The van der Waals surface area contributed by atoms with Crippen LogP contribution in [0.3, 0.4) is 0 Å². The molecule has 3 aromatic rings. The van der Waals surface area contributed by atoms with Crippen molar-refractivity contribution in [2.75, 3.05) is 6.61 Å². The highest BCUT2D eigenvalue weighted by Gasteiger charge is 2.46. The Morgan fingerprint density at radius 3 is 2.22 bits per heavy atom. The van der Waals surface area contributed by atoms with E-state index in [1.54, 1.807) is 0 Å². The molecular formula is C21H20O11. The molecule has 5 atom stereocenters. The number of ether oxygens (including phenoxy) is 1. The number of fused-ring (bicyclic) bond motifs is 1. The maximum Gasteiger partial charge on any atom is 0.197 e. The van der Waals surface area contributed by atoms with Crippen LogP contribution in [0.5, 0.6) is 23.0 Å². The summed E-state index contributed by atoms with van der Waals surface area (Å²) in [6.07, 6.45) is -8.09. The molecule has 2 aromatic carbocycles. The number of benzene rings is 2. The van der Waals surface area contributed by atoms with Gasteiger partial charge in [0.15, 0.2) is 16.9 Å². The third kappa shape index (κ3) is 3.42. The predicted molar refractivity (Wildman–Crippen MR) is 107 cm³/mol. The van der Waals surface area contributed by atoms with E-state index in [1.165, 1.54) is 12.1 Å². The molecule has 1 aliphatic rings. The molecule has 8 N–H and O–H groups in total. The summed E-state index contributed by atoms with van der Waals surface area (Å²) in [5.74, 6) is -2.28. The Hall–Kier alpha value is -3.35. The molecule has 11 nitrogen and oxygen atoms in total. The van der Waals surface area contributed by atoms with Crippen LogP contribution in [0.2, 0.25) is 0 Å². The smallest absolute Gasteiger partial charge is 0.197 e. The lowest BCUT2D eigenvalue weighted by atomic mass is 9.89. The highest BCUT2D eigenvalue weighted by atomic mass is 16.5. The van der Waals surface area contributed by atoms with Gasteiger partial charge in [0.25, 0.3) is 0 Å². The van der Waals surface area contributed by atoms with Gasteiger partial charge < -0.3 is 50.0 Å². The summed E-state index contributed by atoms with van der Waals surface area (Å²) in [6.45, 7) is -0.721. The van der Waals surface area contributed by atoms with E-state index < -0.39 is 65.4 Å². The molecule has 1 aliphatic heterocycles. The Bertz CT molecular complexity index is 1230. The minimum atomic E-state index is -1.80. The maximum absolute atomic E-state index is 12.8. The van der Waals surface area contributed by atoms with Gasteiger partial charge in [-0.3, -0.25) is 4.79 Å². The fourth-order valence-electron chi connectivity index (χ4n) is 3.74. The van der Waals surface area contributed by atoms with Crippen molar-refractivity contribution in [3.8, 4) is 34.3 Å². The Morgan fingerprint density at radius 2 is 1.56 bits per heavy atom. The van der Waals surface area contributed by atoms with Crippen molar-refractivity contribution >= 4 is 11.0 Å². The van der Waals surface area contributed by atoms with Gasteiger partial charge in [0.05, 0.1) is 12.2 Å². The molecule has 0 radical (unpaired) electrons. The van der Waals surface area contributed by atoms with Gasteiger partial charge in [-0.2, -0.15) is 0 Å². The van der Waals surface area contributed by atoms with Crippen molar-refractivity contribution in [1.82, 2.24) is 0 Å². The van der Waals surface area contributed by atoms with Crippen molar-refractivity contribution in [2.24, 2.45) is 0 Å². The molecule has 2 heterocycles. The van der Waals surface area contributed by atoms with Crippen molar-refractivity contribution in [2.45, 2.75) is 30.5 Å². The van der Waals surface area contributed by atoms with Crippen molar-refractivity contribution in [1.29, 1.82) is 0 Å². The van der Waals surface area contributed by atoms with E-state index in [9.17, 15) is 45.6 Å². The normalized spacial score (nSPS) is 25.8. The minimum absolute atomic E-state index is 0.0304. The molecule has 0 saturated carbocycles. The summed E-state index contributed by atoms with van der Waals surface area (Å²) in [7, 11) is 0. The number of aliphatic hydroxyl groups is 4. The summed E-state index contributed by atoms with van der Waals surface area (Å²) in [6, 6.07) is 5.73. The highest BCUT2D eigenvalue weighted by Crippen LogP contribution is 2.44. The van der Waals surface area contributed by atoms with Crippen molar-refractivity contribution in [3.63, 3.8) is 0 Å². The molecule has 0 unspecified atom stereocenters. The number of phenols is 4. The highest BCUT2D eigenvalue weighted by molar-refractivity contribution is 5.88. The number of hydrogen-bond acceptors (Lipinski definition) is 11. The van der Waals surface area contributed by atoms with Gasteiger partial charge >= 0.3 is 0 Å². The Kier molecular flexibility index (Phi) is 5.44. The van der Waals surface area contributed by atoms with Gasteiger partial charge in [0.1, 0.15) is 58.7 Å². The summed E-state index contributed by atoms with van der Waals surface area (Å²) in [5, 5.41) is 79.6. The van der Waals surface area contributed by atoms with Crippen LogP contribution in [0, 0.1) is 0 Å². The van der Waals surface area contributed by atoms with E-state index in [0.717, 1.165) is 18.2 Å². The summed E-state index contributed by atoms with van der Waals surface area (Å²) < 4.78 is 11.0. The standard InChI is InChI=1S/C21H20O11/c22-6-14-17(27)19(29)20(30)21(32-14)16-11(26)5-13-15(18(16)28)10(25)4-12(31-13)7-1-2-8(23)9(24)3-7/h1-5,14,17,19-24,26-30H,6H2/t14-,17-,19+,20-,21+/m0/s1. The average Bonchev–Trinajstić information content (AvgIpc) is 2.74. The predicted octanol–water partition coefficient (Wildman–Crippen LogP) is -0.203. The number of aliphatic hydroxyl groups excluding tert-OH is 4. The van der Waals surface area contributed by atoms with Crippen LogP contribution in [-0.4, -0.2) is 71.9 Å². The van der Waals surface area contributed by atoms with E-state index >= 15 is 0 Å². The number of rotatable bonds is 3. The topological polar surface area (TPSA) is 201 Å². The van der Waals surface area contributed by atoms with Crippen molar-refractivity contribution < 1.29 is 50.0 Å². The van der Waals surface area contributed by atoms with Gasteiger partial charge in [-0.05, 0) is 18.2 Å². The second-order valence-electron chi connectivity index (χ2n) is 7.46. The maximum atomic E-state index is 12.8. The molecular weight excluding hydrogens is 428 g/mol. The van der Waals surface area contributed by atoms with Crippen LogP contribution in [0.1, 0.15) is 11.7 Å². The quantitative estimate of drug-likeness (QED) is 0.247. The fraction of sp³-hybridized carbons (Fsp3) is 0.286. The lowest BCUT2D eigenvalue weighted by Crippen LogP contribution is -2.55. The first-order valence-electron chi connectivity index (χ1n) is 9.49. The van der Waals surface area contributed by atoms with Crippen LogP contribution < -0.4 is 5.43 Å². The molecule has 0 aliphatic carbocycles. The zero-order valence-corrected chi connectivity index (χ0v) is 16.3. The molecule has 32 heavy (non-hydrogen) atoms. The Labute approximate surface area is 179 Å². The summed E-state index contributed by atoms with van der Waals surface area (Å²) in [5.41, 5.74) is -1.17. The van der Waals surface area contributed by atoms with Gasteiger partial charge in [0.2, 0.25) is 0 Å². The second-order valence-corrected chi connectivity index (χ2v) is 7.46. The van der Waals surface area contributed by atoms with Crippen molar-refractivity contribution in [3.05, 3.63) is 46.1 Å². The van der Waals surface area contributed by atoms with Gasteiger partial charge in [-0.25, -0.2) is 0 Å². The number of aromatic hydroxyl groups is 4. The molecule has 1 aromatic heterocycles. The molecule has 0 amide bonds. The number of phenolic OH excluding ortho intramolecular Hbond substituents is 4. The first-order valence-corrected chi connectivity index (χ1v) is 9.49. The first-order chi connectivity index (χ1) is 15.1. The third-order valence-corrected chi connectivity index (χ3v) is 5.45. The van der Waals surface area contributed by atoms with E-state index in [1.807, 2.05) is 0 Å². The molecule has 4 rings (SSSR count). The zero-order valence-electron chi connectivity index (χ0n) is 16.3. The summed E-state index contributed by atoms with van der Waals surface area (Å²) in [4.78, 5) is 12.8. The van der Waals surface area contributed by atoms with Gasteiger partial charge in [-0.15, -0.1) is 0 Å². The van der Waals surface area contributed by atoms with Crippen LogP contribution in [-0.2, 0) is 4.74 Å². The SMILES string of the molecule is O=c1cc(-c2ccc(O)c(O)c2)oc2cc(O)c([C@H]3O[C@@H](CO)[C@H](O)[C@@H](O)[C@@H]3O)c(O)c12. The van der Waals surface area contributed by atoms with Crippen LogP contribution in [0.25, 0.3) is 22.3 Å². The van der Waals surface area contributed by atoms with Gasteiger partial charge in [0, 0.05) is 17.7 Å². The summed E-state index contributed by atoms with van der Waals surface area (Å²) >= 11 is 0. The largest absolute Gasteiger partial charge is 0.507 e.